The van der Waals surface area contributed by atoms with Crippen molar-refractivity contribution in [2.24, 2.45) is 22.2 Å². The molecule has 2 amide bonds. The van der Waals surface area contributed by atoms with E-state index in [1.165, 1.54) is 12.8 Å². The second kappa shape index (κ2) is 6.34. The highest BCUT2D eigenvalue weighted by Gasteiger charge is 2.73. The van der Waals surface area contributed by atoms with E-state index in [4.69, 9.17) is 0 Å². The van der Waals surface area contributed by atoms with E-state index in [-0.39, 0.29) is 41.8 Å². The van der Waals surface area contributed by atoms with Crippen LogP contribution in [0.1, 0.15) is 75.6 Å². The molecule has 2 bridgehead atoms. The Hall–Kier alpha value is -1.84. The van der Waals surface area contributed by atoms with Crippen LogP contribution in [0.25, 0.3) is 0 Å². The van der Waals surface area contributed by atoms with Crippen LogP contribution in [0.15, 0.2) is 6.33 Å². The molecule has 3 heterocycles. The Morgan fingerprint density at radius 3 is 2.37 bits per heavy atom. The molecule has 2 saturated heterocycles. The summed E-state index contributed by atoms with van der Waals surface area (Å²) in [7, 11) is 0. The van der Waals surface area contributed by atoms with Crippen LogP contribution >= 0.6 is 0 Å². The number of hydrogen-bond donors (Lipinski definition) is 1. The van der Waals surface area contributed by atoms with Crippen molar-refractivity contribution in [2.45, 2.75) is 81.5 Å². The Morgan fingerprint density at radius 2 is 1.77 bits per heavy atom. The summed E-state index contributed by atoms with van der Waals surface area (Å²) in [5.41, 5.74) is -0.969. The van der Waals surface area contributed by atoms with E-state index in [0.29, 0.717) is 17.9 Å². The van der Waals surface area contributed by atoms with Crippen LogP contribution in [0.4, 0.5) is 18.0 Å². The van der Waals surface area contributed by atoms with Crippen LogP contribution in [0, 0.1) is 22.2 Å². The molecule has 8 fully saturated rings. The normalized spacial score (nSPS) is 36.7. The number of hydrogen-bond acceptors (Lipinski definition) is 4. The number of amides is 2. The number of alkyl halides is 3. The van der Waals surface area contributed by atoms with Gasteiger partial charge >= 0.3 is 12.2 Å². The summed E-state index contributed by atoms with van der Waals surface area (Å²) < 4.78 is 41.7. The topological polar surface area (TPSA) is 66.3 Å². The van der Waals surface area contributed by atoms with Crippen molar-refractivity contribution in [3.63, 3.8) is 0 Å². The monoisotopic (exact) mass is 490 g/mol. The van der Waals surface area contributed by atoms with Gasteiger partial charge in [0.25, 0.3) is 0 Å². The molecule has 35 heavy (non-hydrogen) atoms. The van der Waals surface area contributed by atoms with Gasteiger partial charge < -0.3 is 15.1 Å². The summed E-state index contributed by atoms with van der Waals surface area (Å²) in [5, 5.41) is 7.97. The number of nitrogens with zero attached hydrogens (tertiary/aromatic N) is 5. The van der Waals surface area contributed by atoms with Gasteiger partial charge in [-0.3, -0.25) is 0 Å². The van der Waals surface area contributed by atoms with Crippen molar-refractivity contribution in [1.29, 1.82) is 0 Å². The van der Waals surface area contributed by atoms with E-state index in [9.17, 15) is 18.0 Å². The molecule has 9 rings (SSSR count). The zero-order valence-corrected chi connectivity index (χ0v) is 20.0. The van der Waals surface area contributed by atoms with Gasteiger partial charge in [-0.25, -0.2) is 14.5 Å². The number of carbonyl (C=O) groups is 1. The van der Waals surface area contributed by atoms with Gasteiger partial charge in [-0.15, -0.1) is 0 Å². The molecule has 8 aliphatic rings. The van der Waals surface area contributed by atoms with Crippen LogP contribution in [0.3, 0.4) is 0 Å². The van der Waals surface area contributed by atoms with Gasteiger partial charge in [-0.1, -0.05) is 0 Å². The predicted octanol–water partition coefficient (Wildman–Crippen LogP) is 3.70. The van der Waals surface area contributed by atoms with Crippen molar-refractivity contribution >= 4 is 6.03 Å². The highest BCUT2D eigenvalue weighted by molar-refractivity contribution is 5.76. The third-order valence-corrected chi connectivity index (χ3v) is 10.8. The summed E-state index contributed by atoms with van der Waals surface area (Å²) >= 11 is 0. The molecule has 0 aromatic carbocycles. The number of rotatable bonds is 6. The van der Waals surface area contributed by atoms with Crippen molar-refractivity contribution in [3.05, 3.63) is 12.2 Å². The fourth-order valence-electron chi connectivity index (χ4n) is 8.05. The Kier molecular flexibility index (Phi) is 3.85. The molecule has 1 N–H and O–H groups in total. The second-order valence-electron chi connectivity index (χ2n) is 13.5. The van der Waals surface area contributed by atoms with Crippen LogP contribution in [-0.4, -0.2) is 75.0 Å². The molecule has 0 radical (unpaired) electrons. The largest absolute Gasteiger partial charge is 0.395 e. The zero-order chi connectivity index (χ0) is 23.8. The number of carbonyl (C=O) groups excluding carboxylic acids is 1. The molecule has 6 aliphatic carbocycles. The third kappa shape index (κ3) is 2.98. The lowest BCUT2D eigenvalue weighted by Gasteiger charge is -2.76. The first-order valence-electron chi connectivity index (χ1n) is 13.4. The lowest BCUT2D eigenvalue weighted by molar-refractivity contribution is -0.226. The van der Waals surface area contributed by atoms with Gasteiger partial charge in [-0.05, 0) is 63.2 Å². The van der Waals surface area contributed by atoms with Crippen molar-refractivity contribution < 1.29 is 18.0 Å². The second-order valence-corrected chi connectivity index (χ2v) is 13.5. The van der Waals surface area contributed by atoms with Crippen LogP contribution in [-0.2, 0) is 0 Å². The highest BCUT2D eigenvalue weighted by atomic mass is 19.4. The van der Waals surface area contributed by atoms with Crippen LogP contribution in [0.5, 0.6) is 0 Å². The molecule has 1 aromatic heterocycles. The summed E-state index contributed by atoms with van der Waals surface area (Å²) in [6, 6.07) is 0.601. The molecule has 7 nitrogen and oxygen atoms in total. The van der Waals surface area contributed by atoms with E-state index in [0.717, 1.165) is 64.1 Å². The first-order chi connectivity index (χ1) is 16.6. The van der Waals surface area contributed by atoms with Gasteiger partial charge in [-0.2, -0.15) is 18.3 Å². The van der Waals surface area contributed by atoms with E-state index in [2.05, 4.69) is 15.4 Å². The molecule has 6 saturated carbocycles. The number of nitrogens with one attached hydrogen (secondary N) is 1. The zero-order valence-electron chi connectivity index (χ0n) is 20.0. The van der Waals surface area contributed by atoms with Crippen molar-refractivity contribution in [2.75, 3.05) is 32.7 Å². The van der Waals surface area contributed by atoms with Gasteiger partial charge in [0.15, 0.2) is 5.82 Å². The summed E-state index contributed by atoms with van der Waals surface area (Å²) in [5.74, 6) is 2.10. The molecule has 1 spiro atoms. The Balaban J connectivity index is 0.773. The maximum Gasteiger partial charge on any atom is 0.395 e. The summed E-state index contributed by atoms with van der Waals surface area (Å²) in [6.07, 6.45) is 5.90. The minimum absolute atomic E-state index is 0.0561. The number of halogens is 3. The fraction of sp³-hybridized carbons (Fsp3) is 0.880. The minimum atomic E-state index is -4.08. The molecule has 190 valence electrons. The van der Waals surface area contributed by atoms with E-state index in [1.807, 2.05) is 20.8 Å². The van der Waals surface area contributed by atoms with Gasteiger partial charge in [0.1, 0.15) is 6.33 Å². The van der Waals surface area contributed by atoms with E-state index >= 15 is 0 Å². The standard InChI is InChI=1S/C25H33F3N6O/c26-25(27,28)23(3-4-23)12-30-24-9-22(10-24,11-24)17-7-32(8-17)20(35)33-13-21(14-33)5-18(6-21)34-15-29-19(31-34)16-1-2-16/h15-18,30H,1-14H2. The van der Waals surface area contributed by atoms with Crippen molar-refractivity contribution in [3.8, 4) is 0 Å². The van der Waals surface area contributed by atoms with Crippen LogP contribution < -0.4 is 5.32 Å². The predicted molar refractivity (Wildman–Crippen MR) is 119 cm³/mol. The Labute approximate surface area is 202 Å². The first kappa shape index (κ1) is 21.3. The van der Waals surface area contributed by atoms with Gasteiger partial charge in [0.05, 0.1) is 11.5 Å². The lowest BCUT2D eigenvalue weighted by atomic mass is 9.35. The molecule has 1 aromatic rings. The average Bonchev–Trinajstić information content (AvgIpc) is 3.57. The minimum Gasteiger partial charge on any atom is -0.324 e. The molecule has 10 heteroatoms. The molecular weight excluding hydrogens is 457 g/mol. The maximum atomic E-state index is 13.2. The van der Waals surface area contributed by atoms with E-state index in [1.54, 1.807) is 0 Å². The number of aromatic nitrogens is 3. The SMILES string of the molecule is O=C(N1CC(C23CC(NCC4(C(F)(F)F)CC4)(C2)C3)C1)N1CC2(CC(n3cnc(C4CC4)n3)C2)C1. The lowest BCUT2D eigenvalue weighted by Crippen LogP contribution is -2.80. The fourth-order valence-corrected chi connectivity index (χ4v) is 8.05. The summed E-state index contributed by atoms with van der Waals surface area (Å²) in [6.45, 7) is 3.42. The summed E-state index contributed by atoms with van der Waals surface area (Å²) in [4.78, 5) is 21.4. The average molecular weight is 491 g/mol. The number of urea groups is 1. The smallest absolute Gasteiger partial charge is 0.324 e. The van der Waals surface area contributed by atoms with Crippen molar-refractivity contribution in [1.82, 2.24) is 29.9 Å². The maximum absolute atomic E-state index is 13.2. The molecule has 0 unspecified atom stereocenters. The quantitative estimate of drug-likeness (QED) is 0.661. The number of likely N-dealkylation sites (tertiary alicyclic amines) is 2. The molecule has 0 atom stereocenters. The van der Waals surface area contributed by atoms with Gasteiger partial charge in [0.2, 0.25) is 0 Å². The Morgan fingerprint density at radius 1 is 1.09 bits per heavy atom. The van der Waals surface area contributed by atoms with Gasteiger partial charge in [0, 0.05) is 55.5 Å². The first-order valence-corrected chi connectivity index (χ1v) is 13.4. The van der Waals surface area contributed by atoms with Crippen LogP contribution in [0.2, 0.25) is 0 Å². The molecular formula is C25H33F3N6O. The molecule has 2 aliphatic heterocycles. The Bertz CT molecular complexity index is 1050. The highest BCUT2D eigenvalue weighted by Crippen LogP contribution is 2.72. The van der Waals surface area contributed by atoms with E-state index < -0.39 is 11.6 Å². The third-order valence-electron chi connectivity index (χ3n) is 10.8.